The Morgan fingerprint density at radius 2 is 2.04 bits per heavy atom. The van der Waals surface area contributed by atoms with Crippen LogP contribution in [0.15, 0.2) is 24.3 Å². The maximum Gasteiger partial charge on any atom is 0.347 e. The van der Waals surface area contributed by atoms with Gasteiger partial charge in [0.15, 0.2) is 0 Å². The first-order chi connectivity index (χ1) is 11.0. The molecule has 1 heterocycles. The van der Waals surface area contributed by atoms with E-state index in [1.165, 1.54) is 0 Å². The number of ether oxygens (including phenoxy) is 1. The van der Waals surface area contributed by atoms with Crippen molar-refractivity contribution < 1.29 is 14.3 Å². The Hall–Kier alpha value is -2.63. The summed E-state index contributed by atoms with van der Waals surface area (Å²) in [5.74, 6) is -0.256. The third kappa shape index (κ3) is 3.26. The van der Waals surface area contributed by atoms with E-state index in [-0.39, 0.29) is 11.9 Å². The van der Waals surface area contributed by atoms with E-state index in [1.807, 2.05) is 6.92 Å². The molecule has 1 aliphatic carbocycles. The van der Waals surface area contributed by atoms with Gasteiger partial charge in [-0.05, 0) is 44.9 Å². The minimum atomic E-state index is -0.465. The number of benzene rings is 1. The van der Waals surface area contributed by atoms with Crippen molar-refractivity contribution in [3.63, 3.8) is 0 Å². The molecular weight excluding hydrogens is 294 g/mol. The van der Waals surface area contributed by atoms with Crippen LogP contribution < -0.4 is 10.1 Å². The van der Waals surface area contributed by atoms with E-state index in [4.69, 9.17) is 4.74 Å². The Morgan fingerprint density at radius 3 is 2.65 bits per heavy atom. The number of amides is 1. The predicted molar refractivity (Wildman–Crippen MR) is 84.6 cm³/mol. The molecule has 6 nitrogen and oxygen atoms in total. The number of carbonyl (C=O) groups is 2. The van der Waals surface area contributed by atoms with Gasteiger partial charge in [-0.15, -0.1) is 0 Å². The van der Waals surface area contributed by atoms with E-state index in [2.05, 4.69) is 10.4 Å². The summed E-state index contributed by atoms with van der Waals surface area (Å²) < 4.78 is 7.06. The Kier molecular flexibility index (Phi) is 3.90. The zero-order chi connectivity index (χ0) is 16.6. The molecule has 0 unspecified atom stereocenters. The summed E-state index contributed by atoms with van der Waals surface area (Å²) >= 11 is 0. The normalized spacial score (nSPS) is 13.7. The summed E-state index contributed by atoms with van der Waals surface area (Å²) in [6.07, 6.45) is 2.06. The Morgan fingerprint density at radius 1 is 1.30 bits per heavy atom. The van der Waals surface area contributed by atoms with E-state index in [9.17, 15) is 9.59 Å². The van der Waals surface area contributed by atoms with Crippen LogP contribution >= 0.6 is 0 Å². The number of aromatic nitrogens is 2. The van der Waals surface area contributed by atoms with Gasteiger partial charge in [-0.3, -0.25) is 9.48 Å². The van der Waals surface area contributed by atoms with E-state index < -0.39 is 5.97 Å². The molecule has 23 heavy (non-hydrogen) atoms. The molecule has 0 radical (unpaired) electrons. The highest BCUT2D eigenvalue weighted by atomic mass is 16.5. The third-order valence-corrected chi connectivity index (χ3v) is 3.93. The van der Waals surface area contributed by atoms with Crippen LogP contribution in [0.4, 0.5) is 0 Å². The summed E-state index contributed by atoms with van der Waals surface area (Å²) in [5, 5.41) is 7.12. The maximum absolute atomic E-state index is 12.4. The van der Waals surface area contributed by atoms with Gasteiger partial charge in [-0.2, -0.15) is 5.10 Å². The summed E-state index contributed by atoms with van der Waals surface area (Å²) in [4.78, 5) is 24.4. The fourth-order valence-electron chi connectivity index (χ4n) is 2.42. The number of esters is 1. The highest BCUT2D eigenvalue weighted by molar-refractivity contribution is 5.96. The van der Waals surface area contributed by atoms with Crippen molar-refractivity contribution in [3.8, 4) is 5.75 Å². The van der Waals surface area contributed by atoms with Crippen molar-refractivity contribution >= 4 is 11.9 Å². The average molecular weight is 313 g/mol. The summed E-state index contributed by atoms with van der Waals surface area (Å²) in [5.41, 5.74) is 2.31. The second-order valence-corrected chi connectivity index (χ2v) is 5.83. The minimum Gasteiger partial charge on any atom is -0.423 e. The summed E-state index contributed by atoms with van der Waals surface area (Å²) in [6, 6.07) is 6.93. The molecule has 120 valence electrons. The molecule has 3 rings (SSSR count). The highest BCUT2D eigenvalue weighted by Gasteiger charge is 2.24. The lowest BCUT2D eigenvalue weighted by molar-refractivity contribution is 0.0731. The molecule has 0 spiro atoms. The third-order valence-electron chi connectivity index (χ3n) is 3.93. The van der Waals surface area contributed by atoms with Crippen molar-refractivity contribution in [3.05, 3.63) is 46.8 Å². The van der Waals surface area contributed by atoms with Crippen molar-refractivity contribution in [2.45, 2.75) is 32.7 Å². The lowest BCUT2D eigenvalue weighted by atomic mass is 10.2. The van der Waals surface area contributed by atoms with Crippen molar-refractivity contribution in [2.24, 2.45) is 7.05 Å². The van der Waals surface area contributed by atoms with Gasteiger partial charge >= 0.3 is 5.97 Å². The number of carbonyl (C=O) groups excluding carboxylic acids is 2. The monoisotopic (exact) mass is 313 g/mol. The fourth-order valence-corrected chi connectivity index (χ4v) is 2.42. The van der Waals surface area contributed by atoms with Crippen LogP contribution in [0, 0.1) is 13.8 Å². The molecule has 6 heteroatoms. The molecule has 1 aromatic heterocycles. The van der Waals surface area contributed by atoms with Crippen LogP contribution in [0.25, 0.3) is 0 Å². The van der Waals surface area contributed by atoms with E-state index >= 15 is 0 Å². The molecule has 1 aromatic carbocycles. The Labute approximate surface area is 134 Å². The van der Waals surface area contributed by atoms with Gasteiger partial charge in [0.1, 0.15) is 11.3 Å². The second-order valence-electron chi connectivity index (χ2n) is 5.83. The molecule has 0 atom stereocenters. The first kappa shape index (κ1) is 15.3. The average Bonchev–Trinajstić information content (AvgIpc) is 3.26. The summed E-state index contributed by atoms with van der Waals surface area (Å²) in [7, 11) is 1.78. The number of nitrogens with one attached hydrogen (secondary N) is 1. The molecule has 1 amide bonds. The molecule has 1 aliphatic rings. The first-order valence-corrected chi connectivity index (χ1v) is 7.59. The van der Waals surface area contributed by atoms with Crippen LogP contribution in [-0.2, 0) is 7.05 Å². The number of hydrogen-bond donors (Lipinski definition) is 1. The van der Waals surface area contributed by atoms with Gasteiger partial charge in [0.05, 0.1) is 5.69 Å². The van der Waals surface area contributed by atoms with Gasteiger partial charge in [0.2, 0.25) is 0 Å². The lowest BCUT2D eigenvalue weighted by Crippen LogP contribution is -2.25. The molecule has 2 aromatic rings. The SMILES string of the molecule is Cc1nn(C)c(C)c1C(=O)Oc1cccc(C(=O)NC2CC2)c1. The van der Waals surface area contributed by atoms with E-state index in [1.54, 1.807) is 42.9 Å². The standard InChI is InChI=1S/C17H19N3O3/c1-10-15(11(2)20(3)19-10)17(22)23-14-6-4-5-12(9-14)16(21)18-13-7-8-13/h4-6,9,13H,7-8H2,1-3H3,(H,18,21). The molecule has 0 saturated heterocycles. The van der Waals surface area contributed by atoms with Crippen molar-refractivity contribution in [1.29, 1.82) is 0 Å². The van der Waals surface area contributed by atoms with E-state index in [0.29, 0.717) is 22.6 Å². The maximum atomic E-state index is 12.4. The van der Waals surface area contributed by atoms with Crippen molar-refractivity contribution in [2.75, 3.05) is 0 Å². The highest BCUT2D eigenvalue weighted by Crippen LogP contribution is 2.21. The van der Waals surface area contributed by atoms with Gasteiger partial charge in [0.25, 0.3) is 5.91 Å². The smallest absolute Gasteiger partial charge is 0.347 e. The van der Waals surface area contributed by atoms with Crippen LogP contribution in [0.5, 0.6) is 5.75 Å². The molecule has 1 N–H and O–H groups in total. The van der Waals surface area contributed by atoms with E-state index in [0.717, 1.165) is 18.5 Å². The van der Waals surface area contributed by atoms with Crippen LogP contribution in [0.3, 0.4) is 0 Å². The van der Waals surface area contributed by atoms with Gasteiger partial charge in [-0.25, -0.2) is 4.79 Å². The lowest BCUT2D eigenvalue weighted by Gasteiger charge is -2.07. The Balaban J connectivity index is 1.77. The van der Waals surface area contributed by atoms with Gasteiger partial charge in [-0.1, -0.05) is 6.07 Å². The van der Waals surface area contributed by atoms with Crippen LogP contribution in [0.2, 0.25) is 0 Å². The molecular formula is C17H19N3O3. The number of nitrogens with zero attached hydrogens (tertiary/aromatic N) is 2. The minimum absolute atomic E-state index is 0.140. The zero-order valence-electron chi connectivity index (χ0n) is 13.4. The quantitative estimate of drug-likeness (QED) is 0.693. The van der Waals surface area contributed by atoms with Crippen LogP contribution in [0.1, 0.15) is 44.9 Å². The van der Waals surface area contributed by atoms with Gasteiger partial charge in [0, 0.05) is 24.3 Å². The molecule has 0 aliphatic heterocycles. The zero-order valence-corrected chi connectivity index (χ0v) is 13.4. The first-order valence-electron chi connectivity index (χ1n) is 7.59. The Bertz CT molecular complexity index is 775. The molecule has 1 saturated carbocycles. The number of aryl methyl sites for hydroxylation is 2. The van der Waals surface area contributed by atoms with Crippen molar-refractivity contribution in [1.82, 2.24) is 15.1 Å². The second kappa shape index (κ2) is 5.87. The number of hydrogen-bond acceptors (Lipinski definition) is 4. The predicted octanol–water partition coefficient (Wildman–Crippen LogP) is 2.15. The molecule has 0 bridgehead atoms. The summed E-state index contributed by atoms with van der Waals surface area (Å²) in [6.45, 7) is 3.58. The van der Waals surface area contributed by atoms with Gasteiger partial charge < -0.3 is 10.1 Å². The fraction of sp³-hybridized carbons (Fsp3) is 0.353. The van der Waals surface area contributed by atoms with Crippen LogP contribution in [-0.4, -0.2) is 27.7 Å². The topological polar surface area (TPSA) is 73.2 Å². The molecule has 1 fully saturated rings. The number of rotatable bonds is 4. The largest absolute Gasteiger partial charge is 0.423 e.